The number of aromatic nitrogens is 2. The van der Waals surface area contributed by atoms with Crippen LogP contribution in [0, 0.1) is 5.92 Å². The van der Waals surface area contributed by atoms with E-state index in [0.717, 1.165) is 44.1 Å². The van der Waals surface area contributed by atoms with Crippen LogP contribution in [0.1, 0.15) is 32.4 Å². The Kier molecular flexibility index (Phi) is 7.06. The number of carbonyl (C=O) groups is 2. The summed E-state index contributed by atoms with van der Waals surface area (Å²) < 4.78 is 1.82. The van der Waals surface area contributed by atoms with Crippen LogP contribution >= 0.6 is 24.0 Å². The van der Waals surface area contributed by atoms with Gasteiger partial charge in [-0.3, -0.25) is 14.8 Å². The van der Waals surface area contributed by atoms with E-state index in [1.165, 1.54) is 0 Å². The van der Waals surface area contributed by atoms with Crippen LogP contribution in [0.2, 0.25) is 0 Å². The number of carbonyl (C=O) groups excluding carboxylic acids is 2. The van der Waals surface area contributed by atoms with Crippen molar-refractivity contribution in [3.63, 3.8) is 0 Å². The van der Waals surface area contributed by atoms with Gasteiger partial charge in [0.2, 0.25) is 0 Å². The molecule has 10 heteroatoms. The van der Waals surface area contributed by atoms with E-state index in [2.05, 4.69) is 25.9 Å². The van der Waals surface area contributed by atoms with E-state index in [-0.39, 0.29) is 35.8 Å². The second-order valence-electron chi connectivity index (χ2n) is 6.99. The number of likely N-dealkylation sites (tertiary alicyclic amines) is 1. The van der Waals surface area contributed by atoms with Crippen molar-refractivity contribution in [1.29, 1.82) is 0 Å². The number of hydrogen-bond acceptors (Lipinski definition) is 4. The number of aliphatic imine (C=N–C) groups is 1. The van der Waals surface area contributed by atoms with Gasteiger partial charge in [0.25, 0.3) is 5.91 Å². The van der Waals surface area contributed by atoms with Gasteiger partial charge in [-0.25, -0.2) is 9.79 Å². The standard InChI is InChI=1S/C17H27N7O2.HI/c1-4-18-15(19-11-13-5-8-20-23(13)3)24-9-6-12(7-10-24)17(2)14(25)21-16(26)22-17;/h5,8,12H,4,6-7,9-11H2,1-3H3,(H,18,19)(H2,21,22,25,26);1H. The maximum Gasteiger partial charge on any atom is 0.322 e. The number of imide groups is 1. The normalized spacial score (nSPS) is 23.7. The van der Waals surface area contributed by atoms with Crippen LogP contribution in [-0.2, 0) is 18.4 Å². The summed E-state index contributed by atoms with van der Waals surface area (Å²) in [5.74, 6) is 0.764. The first-order valence-electron chi connectivity index (χ1n) is 9.07. The average molecular weight is 489 g/mol. The largest absolute Gasteiger partial charge is 0.357 e. The molecule has 1 aromatic heterocycles. The van der Waals surface area contributed by atoms with Crippen molar-refractivity contribution in [3.8, 4) is 0 Å². The van der Waals surface area contributed by atoms with Crippen LogP contribution in [0.15, 0.2) is 17.3 Å². The lowest BCUT2D eigenvalue weighted by Crippen LogP contribution is -2.55. The van der Waals surface area contributed by atoms with Crippen molar-refractivity contribution in [2.45, 2.75) is 38.8 Å². The number of guanidine groups is 1. The summed E-state index contributed by atoms with van der Waals surface area (Å²) in [6, 6.07) is 1.56. The molecule has 2 aliphatic rings. The van der Waals surface area contributed by atoms with Crippen LogP contribution in [0.25, 0.3) is 0 Å². The fourth-order valence-corrected chi connectivity index (χ4v) is 3.65. The third kappa shape index (κ3) is 4.53. The molecule has 9 nitrogen and oxygen atoms in total. The highest BCUT2D eigenvalue weighted by Gasteiger charge is 2.48. The number of nitrogens with zero attached hydrogens (tertiary/aromatic N) is 4. The molecule has 0 saturated carbocycles. The number of amides is 3. The number of rotatable bonds is 4. The number of aryl methyl sites for hydroxylation is 1. The predicted molar refractivity (Wildman–Crippen MR) is 113 cm³/mol. The Morgan fingerprint density at radius 2 is 2.11 bits per heavy atom. The molecule has 1 aromatic rings. The summed E-state index contributed by atoms with van der Waals surface area (Å²) in [4.78, 5) is 30.6. The second-order valence-corrected chi connectivity index (χ2v) is 6.99. The smallest absolute Gasteiger partial charge is 0.322 e. The summed E-state index contributed by atoms with van der Waals surface area (Å²) in [5, 5.41) is 12.7. The highest BCUT2D eigenvalue weighted by molar-refractivity contribution is 14.0. The molecule has 0 aliphatic carbocycles. The number of urea groups is 1. The molecule has 2 saturated heterocycles. The summed E-state index contributed by atoms with van der Waals surface area (Å²) >= 11 is 0. The van der Waals surface area contributed by atoms with Crippen molar-refractivity contribution < 1.29 is 9.59 Å². The Hall–Kier alpha value is -1.85. The third-order valence-corrected chi connectivity index (χ3v) is 5.33. The van der Waals surface area contributed by atoms with Crippen molar-refractivity contribution in [2.75, 3.05) is 19.6 Å². The molecule has 3 N–H and O–H groups in total. The van der Waals surface area contributed by atoms with Gasteiger partial charge in [-0.15, -0.1) is 24.0 Å². The molecule has 3 heterocycles. The Morgan fingerprint density at radius 1 is 1.41 bits per heavy atom. The van der Waals surface area contributed by atoms with E-state index in [4.69, 9.17) is 4.99 Å². The average Bonchev–Trinajstić information content (AvgIpc) is 3.14. The predicted octanol–water partition coefficient (Wildman–Crippen LogP) is 0.814. The maximum atomic E-state index is 12.1. The summed E-state index contributed by atoms with van der Waals surface area (Å²) in [5.41, 5.74) is 0.237. The molecule has 0 bridgehead atoms. The topological polar surface area (TPSA) is 104 Å². The number of piperidine rings is 1. The van der Waals surface area contributed by atoms with Gasteiger partial charge in [0, 0.05) is 32.9 Å². The van der Waals surface area contributed by atoms with Gasteiger partial charge < -0.3 is 15.5 Å². The molecule has 1 atom stereocenters. The minimum atomic E-state index is -0.812. The van der Waals surface area contributed by atoms with Crippen LogP contribution in [-0.4, -0.2) is 57.8 Å². The molecule has 1 unspecified atom stereocenters. The highest BCUT2D eigenvalue weighted by Crippen LogP contribution is 2.30. The van der Waals surface area contributed by atoms with E-state index in [1.54, 1.807) is 6.20 Å². The van der Waals surface area contributed by atoms with Crippen LogP contribution in [0.3, 0.4) is 0 Å². The minimum Gasteiger partial charge on any atom is -0.357 e. The molecule has 2 aliphatic heterocycles. The third-order valence-electron chi connectivity index (χ3n) is 5.33. The fraction of sp³-hybridized carbons (Fsp3) is 0.647. The number of nitrogens with one attached hydrogen (secondary N) is 3. The molecule has 3 amide bonds. The van der Waals surface area contributed by atoms with Crippen molar-refractivity contribution in [3.05, 3.63) is 18.0 Å². The van der Waals surface area contributed by atoms with Crippen LogP contribution < -0.4 is 16.0 Å². The number of halogens is 1. The van der Waals surface area contributed by atoms with Gasteiger partial charge in [0.05, 0.1) is 12.2 Å². The van der Waals surface area contributed by atoms with Crippen LogP contribution in [0.4, 0.5) is 4.79 Å². The van der Waals surface area contributed by atoms with Gasteiger partial charge in [-0.1, -0.05) is 0 Å². The van der Waals surface area contributed by atoms with Crippen LogP contribution in [0.5, 0.6) is 0 Å². The van der Waals surface area contributed by atoms with E-state index in [1.807, 2.05) is 31.6 Å². The molecule has 150 valence electrons. The van der Waals surface area contributed by atoms with Crippen molar-refractivity contribution in [2.24, 2.45) is 18.0 Å². The highest BCUT2D eigenvalue weighted by atomic mass is 127. The molecule has 27 heavy (non-hydrogen) atoms. The lowest BCUT2D eigenvalue weighted by Gasteiger charge is -2.39. The molecule has 2 fully saturated rings. The first kappa shape index (κ1) is 21.5. The second kappa shape index (κ2) is 8.89. The molecule has 0 spiro atoms. The Labute approximate surface area is 176 Å². The van der Waals surface area contributed by atoms with E-state index in [0.29, 0.717) is 6.54 Å². The SMILES string of the molecule is CCNC(=NCc1ccnn1C)N1CCC(C2(C)NC(=O)NC2=O)CC1.I. The first-order valence-corrected chi connectivity index (χ1v) is 9.07. The van der Waals surface area contributed by atoms with Gasteiger partial charge in [-0.05, 0) is 38.7 Å². The van der Waals surface area contributed by atoms with E-state index in [9.17, 15) is 9.59 Å². The van der Waals surface area contributed by atoms with E-state index < -0.39 is 11.6 Å². The molecule has 0 radical (unpaired) electrons. The zero-order chi connectivity index (χ0) is 18.7. The summed E-state index contributed by atoms with van der Waals surface area (Å²) in [6.07, 6.45) is 3.41. The summed E-state index contributed by atoms with van der Waals surface area (Å²) in [6.45, 7) is 6.80. The fourth-order valence-electron chi connectivity index (χ4n) is 3.65. The van der Waals surface area contributed by atoms with Crippen molar-refractivity contribution in [1.82, 2.24) is 30.6 Å². The number of hydrogen-bond donors (Lipinski definition) is 3. The quantitative estimate of drug-likeness (QED) is 0.252. The maximum absolute atomic E-state index is 12.1. The Bertz CT molecular complexity index is 712. The Balaban J connectivity index is 0.00000261. The zero-order valence-electron chi connectivity index (χ0n) is 16.0. The zero-order valence-corrected chi connectivity index (χ0v) is 18.3. The van der Waals surface area contributed by atoms with Gasteiger partial charge in [0.15, 0.2) is 5.96 Å². The van der Waals surface area contributed by atoms with Gasteiger partial charge >= 0.3 is 6.03 Å². The van der Waals surface area contributed by atoms with E-state index >= 15 is 0 Å². The van der Waals surface area contributed by atoms with Gasteiger partial charge in [0.1, 0.15) is 5.54 Å². The lowest BCUT2D eigenvalue weighted by atomic mass is 9.79. The molecular weight excluding hydrogens is 461 g/mol. The first-order chi connectivity index (χ1) is 12.4. The lowest BCUT2D eigenvalue weighted by molar-refractivity contribution is -0.125. The molecule has 0 aromatic carbocycles. The molecule has 3 rings (SSSR count). The summed E-state index contributed by atoms with van der Waals surface area (Å²) in [7, 11) is 1.91. The van der Waals surface area contributed by atoms with Crippen molar-refractivity contribution >= 4 is 41.9 Å². The minimum absolute atomic E-state index is 0. The molecular formula is C17H28IN7O2. The Morgan fingerprint density at radius 3 is 2.63 bits per heavy atom. The monoisotopic (exact) mass is 489 g/mol. The van der Waals surface area contributed by atoms with Gasteiger partial charge in [-0.2, -0.15) is 5.10 Å².